The molecule has 1 aliphatic rings. The fourth-order valence-electron chi connectivity index (χ4n) is 2.50. The Morgan fingerprint density at radius 2 is 2.04 bits per heavy atom. The highest BCUT2D eigenvalue weighted by Gasteiger charge is 2.29. The summed E-state index contributed by atoms with van der Waals surface area (Å²) in [6, 6.07) is 13.3. The van der Waals surface area contributed by atoms with Crippen molar-refractivity contribution in [1.29, 1.82) is 0 Å². The third-order valence-corrected chi connectivity index (χ3v) is 4.60. The summed E-state index contributed by atoms with van der Waals surface area (Å²) < 4.78 is 0. The zero-order valence-electron chi connectivity index (χ0n) is 12.3. The molecule has 0 spiro atoms. The quantitative estimate of drug-likeness (QED) is 0.788. The number of hydrogen-bond acceptors (Lipinski definition) is 4. The van der Waals surface area contributed by atoms with E-state index < -0.39 is 6.04 Å². The standard InChI is InChI=1S/C16H17N3O2S.ClH/c17-8-13(18-15(20)14-9-22-16(21)19-14)12-6-5-10-3-1-2-4-11(10)7-12;/h1-7,13-14H,8-9,17H2,(H,18,20)(H,19,21);1H/t13?,14-;/m0./s1. The molecule has 1 saturated heterocycles. The Kier molecular flexibility index (Phi) is 5.87. The maximum atomic E-state index is 12.2. The zero-order valence-corrected chi connectivity index (χ0v) is 14.0. The lowest BCUT2D eigenvalue weighted by Gasteiger charge is -2.20. The van der Waals surface area contributed by atoms with Crippen LogP contribution < -0.4 is 16.4 Å². The van der Waals surface area contributed by atoms with Crippen LogP contribution in [0.25, 0.3) is 10.8 Å². The van der Waals surface area contributed by atoms with Crippen molar-refractivity contribution in [2.45, 2.75) is 12.1 Å². The number of nitrogens with one attached hydrogen (secondary N) is 2. The van der Waals surface area contributed by atoms with Gasteiger partial charge in [0.25, 0.3) is 5.24 Å². The number of nitrogens with two attached hydrogens (primary N) is 1. The molecule has 0 radical (unpaired) electrons. The van der Waals surface area contributed by atoms with E-state index in [4.69, 9.17) is 5.73 Å². The van der Waals surface area contributed by atoms with E-state index in [9.17, 15) is 9.59 Å². The van der Waals surface area contributed by atoms with Crippen molar-refractivity contribution < 1.29 is 9.59 Å². The molecule has 7 heteroatoms. The SMILES string of the molecule is Cl.NCC(NC(=O)[C@@H]1CSC(=O)N1)c1ccc2ccccc2c1. The number of fused-ring (bicyclic) bond motifs is 1. The zero-order chi connectivity index (χ0) is 15.5. The number of carbonyl (C=O) groups is 2. The summed E-state index contributed by atoms with van der Waals surface area (Å²) in [5, 5.41) is 7.65. The molecule has 0 aliphatic carbocycles. The molecule has 5 nitrogen and oxygen atoms in total. The minimum absolute atomic E-state index is 0. The number of halogens is 1. The van der Waals surface area contributed by atoms with Crippen LogP contribution in [-0.4, -0.2) is 29.5 Å². The van der Waals surface area contributed by atoms with Crippen LogP contribution in [0.4, 0.5) is 4.79 Å². The average molecular weight is 352 g/mol. The molecular formula is C16H18ClN3O2S. The second kappa shape index (κ2) is 7.68. The molecule has 0 aromatic heterocycles. The fraction of sp³-hybridized carbons (Fsp3) is 0.250. The predicted molar refractivity (Wildman–Crippen MR) is 95.9 cm³/mol. The molecule has 1 heterocycles. The van der Waals surface area contributed by atoms with Gasteiger partial charge in [0.1, 0.15) is 6.04 Å². The molecule has 23 heavy (non-hydrogen) atoms. The third-order valence-electron chi connectivity index (χ3n) is 3.72. The monoisotopic (exact) mass is 351 g/mol. The molecular weight excluding hydrogens is 334 g/mol. The summed E-state index contributed by atoms with van der Waals surface area (Å²) in [5.41, 5.74) is 6.78. The molecule has 0 bridgehead atoms. The lowest BCUT2D eigenvalue weighted by Crippen LogP contribution is -2.45. The van der Waals surface area contributed by atoms with Gasteiger partial charge in [-0.25, -0.2) is 0 Å². The largest absolute Gasteiger partial charge is 0.346 e. The molecule has 0 saturated carbocycles. The molecule has 122 valence electrons. The Labute approximate surface area is 144 Å². The first-order valence-electron chi connectivity index (χ1n) is 7.10. The Bertz CT molecular complexity index is 725. The van der Waals surface area contributed by atoms with Gasteiger partial charge >= 0.3 is 0 Å². The molecule has 1 unspecified atom stereocenters. The molecule has 1 aliphatic heterocycles. The van der Waals surface area contributed by atoms with Crippen LogP contribution in [0.2, 0.25) is 0 Å². The molecule has 3 rings (SSSR count). The number of thioether (sulfide) groups is 1. The highest BCUT2D eigenvalue weighted by atomic mass is 35.5. The lowest BCUT2D eigenvalue weighted by molar-refractivity contribution is -0.123. The lowest BCUT2D eigenvalue weighted by atomic mass is 10.0. The van der Waals surface area contributed by atoms with Gasteiger partial charge in [0, 0.05) is 12.3 Å². The first kappa shape index (κ1) is 17.6. The van der Waals surface area contributed by atoms with Gasteiger partial charge in [0.15, 0.2) is 0 Å². The van der Waals surface area contributed by atoms with Crippen LogP contribution in [0, 0.1) is 0 Å². The first-order chi connectivity index (χ1) is 10.7. The van der Waals surface area contributed by atoms with Gasteiger partial charge in [-0.1, -0.05) is 48.2 Å². The van der Waals surface area contributed by atoms with Crippen LogP contribution in [0.3, 0.4) is 0 Å². The highest BCUT2D eigenvalue weighted by molar-refractivity contribution is 8.14. The molecule has 2 aromatic carbocycles. The Morgan fingerprint density at radius 3 is 2.70 bits per heavy atom. The normalized spacial score (nSPS) is 18.1. The van der Waals surface area contributed by atoms with Crippen LogP contribution in [0.1, 0.15) is 11.6 Å². The van der Waals surface area contributed by atoms with Crippen molar-refractivity contribution in [3.63, 3.8) is 0 Å². The minimum atomic E-state index is -0.480. The molecule has 4 N–H and O–H groups in total. The molecule has 2 amide bonds. The fourth-order valence-corrected chi connectivity index (χ4v) is 3.28. The Morgan fingerprint density at radius 1 is 1.30 bits per heavy atom. The second-order valence-corrected chi connectivity index (χ2v) is 6.19. The number of hydrogen-bond donors (Lipinski definition) is 3. The van der Waals surface area contributed by atoms with E-state index in [0.717, 1.165) is 28.1 Å². The van der Waals surface area contributed by atoms with Crippen LogP contribution in [0.15, 0.2) is 42.5 Å². The van der Waals surface area contributed by atoms with Crippen molar-refractivity contribution >= 4 is 46.1 Å². The highest BCUT2D eigenvalue weighted by Crippen LogP contribution is 2.21. The van der Waals surface area contributed by atoms with Crippen LogP contribution >= 0.6 is 24.2 Å². The van der Waals surface area contributed by atoms with Gasteiger partial charge in [0.2, 0.25) is 5.91 Å². The van der Waals surface area contributed by atoms with Crippen LogP contribution in [-0.2, 0) is 4.79 Å². The van der Waals surface area contributed by atoms with Gasteiger partial charge < -0.3 is 16.4 Å². The third kappa shape index (κ3) is 3.96. The maximum absolute atomic E-state index is 12.2. The van der Waals surface area contributed by atoms with Crippen LogP contribution in [0.5, 0.6) is 0 Å². The maximum Gasteiger partial charge on any atom is 0.279 e. The first-order valence-corrected chi connectivity index (χ1v) is 8.08. The summed E-state index contributed by atoms with van der Waals surface area (Å²) in [4.78, 5) is 23.4. The summed E-state index contributed by atoms with van der Waals surface area (Å²) in [6.07, 6.45) is 0. The van der Waals surface area contributed by atoms with E-state index in [1.54, 1.807) is 0 Å². The summed E-state index contributed by atoms with van der Waals surface area (Å²) in [5.74, 6) is 0.265. The summed E-state index contributed by atoms with van der Waals surface area (Å²) >= 11 is 1.12. The van der Waals surface area contributed by atoms with E-state index in [1.165, 1.54) is 0 Å². The number of rotatable bonds is 4. The van der Waals surface area contributed by atoms with E-state index in [1.807, 2.05) is 42.5 Å². The number of amides is 2. The van der Waals surface area contributed by atoms with Crippen molar-refractivity contribution in [3.8, 4) is 0 Å². The Hall–Kier alpha value is -1.76. The van der Waals surface area contributed by atoms with Crippen molar-refractivity contribution in [1.82, 2.24) is 10.6 Å². The Balaban J connectivity index is 0.00000192. The smallest absolute Gasteiger partial charge is 0.279 e. The van der Waals surface area contributed by atoms with Gasteiger partial charge in [-0.15, -0.1) is 12.4 Å². The van der Waals surface area contributed by atoms with Gasteiger partial charge in [-0.3, -0.25) is 9.59 Å². The second-order valence-electron chi connectivity index (χ2n) is 5.20. The van der Waals surface area contributed by atoms with E-state index in [2.05, 4.69) is 10.6 Å². The van der Waals surface area contributed by atoms with E-state index in [0.29, 0.717) is 12.3 Å². The number of benzene rings is 2. The number of carbonyl (C=O) groups excluding carboxylic acids is 2. The predicted octanol–water partition coefficient (Wildman–Crippen LogP) is 2.20. The van der Waals surface area contributed by atoms with Gasteiger partial charge in [0.05, 0.1) is 6.04 Å². The summed E-state index contributed by atoms with van der Waals surface area (Å²) in [7, 11) is 0. The van der Waals surface area contributed by atoms with E-state index >= 15 is 0 Å². The topological polar surface area (TPSA) is 84.2 Å². The van der Waals surface area contributed by atoms with Gasteiger partial charge in [-0.05, 0) is 22.4 Å². The van der Waals surface area contributed by atoms with E-state index in [-0.39, 0.29) is 29.6 Å². The average Bonchev–Trinajstić information content (AvgIpc) is 2.98. The van der Waals surface area contributed by atoms with Crippen molar-refractivity contribution in [2.75, 3.05) is 12.3 Å². The van der Waals surface area contributed by atoms with Crippen molar-refractivity contribution in [2.24, 2.45) is 5.73 Å². The molecule has 1 fully saturated rings. The van der Waals surface area contributed by atoms with Gasteiger partial charge in [-0.2, -0.15) is 0 Å². The molecule has 2 atom stereocenters. The minimum Gasteiger partial charge on any atom is -0.346 e. The van der Waals surface area contributed by atoms with Crippen molar-refractivity contribution in [3.05, 3.63) is 48.0 Å². The molecule has 2 aromatic rings. The summed E-state index contributed by atoms with van der Waals surface area (Å²) in [6.45, 7) is 0.303.